The minimum Gasteiger partial charge on any atom is -0.384 e. The Morgan fingerprint density at radius 3 is 2.29 bits per heavy atom. The van der Waals surface area contributed by atoms with Crippen LogP contribution < -0.4 is 5.32 Å². The van der Waals surface area contributed by atoms with E-state index in [1.165, 1.54) is 24.3 Å². The van der Waals surface area contributed by atoms with Crippen molar-refractivity contribution in [1.29, 1.82) is 5.26 Å². The number of hydrogen-bond acceptors (Lipinski definition) is 4. The van der Waals surface area contributed by atoms with Gasteiger partial charge in [0.1, 0.15) is 11.8 Å². The highest BCUT2D eigenvalue weighted by molar-refractivity contribution is 6.03. The normalized spacial score (nSPS) is 12.6. The number of amides is 1. The van der Waals surface area contributed by atoms with Crippen molar-refractivity contribution >= 4 is 11.6 Å². The second kappa shape index (κ2) is 10.1. The molecule has 6 nitrogen and oxygen atoms in total. The lowest BCUT2D eigenvalue weighted by molar-refractivity contribution is -0.141. The topological polar surface area (TPSA) is 90.9 Å². The van der Waals surface area contributed by atoms with Crippen LogP contribution in [0.15, 0.2) is 78.9 Å². The van der Waals surface area contributed by atoms with E-state index < -0.39 is 23.9 Å². The summed E-state index contributed by atoms with van der Waals surface area (Å²) in [5.74, 6) is -0.837. The number of rotatable bonds is 5. The largest absolute Gasteiger partial charge is 0.435 e. The maximum absolute atomic E-state index is 13.4. The molecule has 4 rings (SSSR count). The van der Waals surface area contributed by atoms with Gasteiger partial charge in [0.05, 0.1) is 17.3 Å². The highest BCUT2D eigenvalue weighted by Gasteiger charge is 2.36. The number of alkyl halides is 3. The first-order valence-corrected chi connectivity index (χ1v) is 11.7. The molecule has 0 aliphatic rings. The van der Waals surface area contributed by atoms with E-state index in [-0.39, 0.29) is 28.0 Å². The Bertz CT molecular complexity index is 1510. The van der Waals surface area contributed by atoms with Crippen molar-refractivity contribution < 1.29 is 23.1 Å². The fourth-order valence-corrected chi connectivity index (χ4v) is 3.92. The van der Waals surface area contributed by atoms with Crippen molar-refractivity contribution in [3.63, 3.8) is 0 Å². The third-order valence-electron chi connectivity index (χ3n) is 6.00. The number of aliphatic hydroxyl groups excluding tert-OH is 1. The monoisotopic (exact) mass is 518 g/mol. The number of carbonyl (C=O) groups is 1. The number of nitrogens with zero attached hydrogens (tertiary/aromatic N) is 3. The molecule has 0 fully saturated rings. The Labute approximate surface area is 218 Å². The molecule has 3 aromatic carbocycles. The van der Waals surface area contributed by atoms with Gasteiger partial charge in [-0.3, -0.25) is 4.79 Å². The van der Waals surface area contributed by atoms with E-state index in [1.54, 1.807) is 24.3 Å². The summed E-state index contributed by atoms with van der Waals surface area (Å²) in [5.41, 5.74) is 1.24. The summed E-state index contributed by atoms with van der Waals surface area (Å²) in [6, 6.07) is 22.4. The molecule has 0 aliphatic carbocycles. The summed E-state index contributed by atoms with van der Waals surface area (Å²) < 4.78 is 41.2. The molecule has 0 aliphatic heterocycles. The van der Waals surface area contributed by atoms with E-state index >= 15 is 0 Å². The van der Waals surface area contributed by atoms with Crippen LogP contribution in [0.25, 0.3) is 5.69 Å². The average molecular weight is 519 g/mol. The molecule has 1 aromatic heterocycles. The Balaban J connectivity index is 1.63. The molecule has 1 atom stereocenters. The Morgan fingerprint density at radius 1 is 0.974 bits per heavy atom. The van der Waals surface area contributed by atoms with Gasteiger partial charge < -0.3 is 10.4 Å². The van der Waals surface area contributed by atoms with Gasteiger partial charge in [-0.1, -0.05) is 63.2 Å². The van der Waals surface area contributed by atoms with Crippen molar-refractivity contribution in [3.8, 4) is 11.8 Å². The highest BCUT2D eigenvalue weighted by atomic mass is 19.4. The molecule has 38 heavy (non-hydrogen) atoms. The van der Waals surface area contributed by atoms with Gasteiger partial charge in [0.25, 0.3) is 5.91 Å². The number of aliphatic hydroxyl groups is 1. The number of halogens is 3. The van der Waals surface area contributed by atoms with Crippen LogP contribution in [0, 0.1) is 11.3 Å². The molecule has 0 saturated heterocycles. The van der Waals surface area contributed by atoms with Gasteiger partial charge in [-0.2, -0.15) is 23.5 Å². The Hall–Kier alpha value is -4.42. The molecule has 1 amide bonds. The van der Waals surface area contributed by atoms with Crippen LogP contribution >= 0.6 is 0 Å². The Morgan fingerprint density at radius 2 is 1.66 bits per heavy atom. The zero-order chi connectivity index (χ0) is 27.7. The molecular formula is C29H25F3N4O2. The van der Waals surface area contributed by atoms with Crippen molar-refractivity contribution in [2.45, 2.75) is 38.5 Å². The maximum atomic E-state index is 13.4. The van der Waals surface area contributed by atoms with Crippen LogP contribution in [0.4, 0.5) is 18.9 Å². The van der Waals surface area contributed by atoms with Gasteiger partial charge in [-0.05, 0) is 52.4 Å². The van der Waals surface area contributed by atoms with Gasteiger partial charge in [-0.15, -0.1) is 0 Å². The fourth-order valence-electron chi connectivity index (χ4n) is 3.92. The molecule has 4 aromatic rings. The smallest absolute Gasteiger partial charge is 0.384 e. The molecule has 0 spiro atoms. The summed E-state index contributed by atoms with van der Waals surface area (Å²) in [4.78, 5) is 13.1. The first-order valence-electron chi connectivity index (χ1n) is 11.7. The highest BCUT2D eigenvalue weighted by Crippen LogP contribution is 2.31. The van der Waals surface area contributed by atoms with Gasteiger partial charge >= 0.3 is 6.18 Å². The molecule has 9 heteroatoms. The van der Waals surface area contributed by atoms with E-state index in [2.05, 4.69) is 31.2 Å². The second-order valence-electron chi connectivity index (χ2n) is 9.84. The lowest BCUT2D eigenvalue weighted by Crippen LogP contribution is -2.17. The summed E-state index contributed by atoms with van der Waals surface area (Å²) in [6.45, 7) is 6.28. The first-order chi connectivity index (χ1) is 17.9. The SMILES string of the molecule is CC(C)(C)c1ccc(C(O)c2cccc(NC(=O)c3cc(C(F)(F)F)nn3-c3cccc(C#N)c3)c2)cc1. The summed E-state index contributed by atoms with van der Waals surface area (Å²) in [6.07, 6.45) is -5.75. The maximum Gasteiger partial charge on any atom is 0.435 e. The molecule has 0 radical (unpaired) electrons. The van der Waals surface area contributed by atoms with E-state index in [4.69, 9.17) is 5.26 Å². The third-order valence-corrected chi connectivity index (χ3v) is 6.00. The van der Waals surface area contributed by atoms with Crippen LogP contribution in [-0.4, -0.2) is 20.8 Å². The molecular weight excluding hydrogens is 493 g/mol. The first kappa shape index (κ1) is 26.6. The minimum absolute atomic E-state index is 0.0396. The number of nitrogens with one attached hydrogen (secondary N) is 1. The quantitative estimate of drug-likeness (QED) is 0.320. The molecule has 1 unspecified atom stereocenters. The van der Waals surface area contributed by atoms with Crippen LogP contribution in [0.1, 0.15) is 65.3 Å². The van der Waals surface area contributed by atoms with Crippen LogP contribution in [0.3, 0.4) is 0 Å². The van der Waals surface area contributed by atoms with Crippen LogP contribution in [0.5, 0.6) is 0 Å². The molecule has 0 saturated carbocycles. The number of benzene rings is 3. The lowest BCUT2D eigenvalue weighted by atomic mass is 9.86. The van der Waals surface area contributed by atoms with Crippen molar-refractivity contribution in [3.05, 3.63) is 113 Å². The van der Waals surface area contributed by atoms with Crippen molar-refractivity contribution in [2.75, 3.05) is 5.32 Å². The zero-order valence-electron chi connectivity index (χ0n) is 20.9. The average Bonchev–Trinajstić information content (AvgIpc) is 3.35. The van der Waals surface area contributed by atoms with Crippen LogP contribution in [-0.2, 0) is 11.6 Å². The molecule has 194 valence electrons. The van der Waals surface area contributed by atoms with E-state index in [9.17, 15) is 23.1 Å². The fraction of sp³-hybridized carbons (Fsp3) is 0.207. The minimum atomic E-state index is -4.78. The summed E-state index contributed by atoms with van der Waals surface area (Å²) >= 11 is 0. The molecule has 1 heterocycles. The third kappa shape index (κ3) is 5.76. The predicted octanol–water partition coefficient (Wildman–Crippen LogP) is 6.39. The molecule has 2 N–H and O–H groups in total. The summed E-state index contributed by atoms with van der Waals surface area (Å²) in [5, 5.41) is 26.3. The van der Waals surface area contributed by atoms with Gasteiger partial charge in [-0.25, -0.2) is 4.68 Å². The second-order valence-corrected chi connectivity index (χ2v) is 9.84. The number of anilines is 1. The number of nitriles is 1. The molecule has 0 bridgehead atoms. The zero-order valence-corrected chi connectivity index (χ0v) is 20.9. The van der Waals surface area contributed by atoms with Crippen LogP contribution in [0.2, 0.25) is 0 Å². The van der Waals surface area contributed by atoms with Gasteiger partial charge in [0, 0.05) is 11.8 Å². The summed E-state index contributed by atoms with van der Waals surface area (Å²) in [7, 11) is 0. The Kier molecular flexibility index (Phi) is 7.11. The lowest BCUT2D eigenvalue weighted by Gasteiger charge is -2.20. The van der Waals surface area contributed by atoms with Crippen molar-refractivity contribution in [1.82, 2.24) is 9.78 Å². The number of carbonyl (C=O) groups excluding carboxylic acids is 1. The standard InChI is InChI=1S/C29H25F3N4O2/c1-28(2,3)21-12-10-19(11-13-21)26(37)20-7-5-8-22(15-20)34-27(38)24-16-25(29(30,31)32)35-36(24)23-9-4-6-18(14-23)17-33/h4-16,26,37H,1-3H3,(H,34,38). The predicted molar refractivity (Wildman–Crippen MR) is 137 cm³/mol. The van der Waals surface area contributed by atoms with E-state index in [0.717, 1.165) is 10.2 Å². The number of aromatic nitrogens is 2. The number of hydrogen-bond donors (Lipinski definition) is 2. The van der Waals surface area contributed by atoms with E-state index in [1.807, 2.05) is 30.3 Å². The van der Waals surface area contributed by atoms with Crippen molar-refractivity contribution in [2.24, 2.45) is 0 Å². The van der Waals surface area contributed by atoms with Gasteiger partial charge in [0.15, 0.2) is 5.69 Å². The van der Waals surface area contributed by atoms with E-state index in [0.29, 0.717) is 17.2 Å². The van der Waals surface area contributed by atoms with Gasteiger partial charge in [0.2, 0.25) is 0 Å².